The van der Waals surface area contributed by atoms with Gasteiger partial charge in [-0.1, -0.05) is 18.9 Å². The topological polar surface area (TPSA) is 29.9 Å². The van der Waals surface area contributed by atoms with Crippen LogP contribution in [-0.4, -0.2) is 15.6 Å². The molecule has 3 nitrogen and oxygen atoms in total. The number of anilines is 1. The average molecular weight is 320 g/mol. The molecule has 0 radical (unpaired) electrons. The Hall–Kier alpha value is -1.29. The first kappa shape index (κ1) is 12.7. The molecule has 1 aliphatic rings. The third kappa shape index (κ3) is 2.68. The first-order valence-corrected chi connectivity index (χ1v) is 7.60. The third-order valence-corrected chi connectivity index (χ3v) is 4.36. The molecule has 0 amide bonds. The molecular weight excluding hydrogens is 302 g/mol. The molecule has 1 aromatic heterocycles. The fraction of sp³-hybridized carbons (Fsp3) is 0.400. The lowest BCUT2D eigenvalue weighted by atomic mass is 10.2. The number of hydrogen-bond donors (Lipinski definition) is 1. The van der Waals surface area contributed by atoms with Crippen molar-refractivity contribution in [3.63, 3.8) is 0 Å². The number of benzene rings is 1. The summed E-state index contributed by atoms with van der Waals surface area (Å²) < 4.78 is 3.21. The molecule has 1 N–H and O–H groups in total. The van der Waals surface area contributed by atoms with Gasteiger partial charge in [0.25, 0.3) is 0 Å². The molecule has 19 heavy (non-hydrogen) atoms. The summed E-state index contributed by atoms with van der Waals surface area (Å²) >= 11 is 3.62. The summed E-state index contributed by atoms with van der Waals surface area (Å²) in [6.45, 7) is 2.11. The van der Waals surface area contributed by atoms with Gasteiger partial charge in [-0.25, -0.2) is 4.98 Å². The number of aryl methyl sites for hydroxylation is 1. The largest absolute Gasteiger partial charge is 0.353 e. The Morgan fingerprint density at radius 1 is 1.32 bits per heavy atom. The average Bonchev–Trinajstić information content (AvgIpc) is 3.04. The molecule has 2 aromatic rings. The summed E-state index contributed by atoms with van der Waals surface area (Å²) in [5.74, 6) is 0.943. The van der Waals surface area contributed by atoms with Crippen LogP contribution in [0, 0.1) is 6.92 Å². The van der Waals surface area contributed by atoms with Crippen LogP contribution in [-0.2, 0) is 0 Å². The normalized spacial score (nSPS) is 15.9. The minimum atomic E-state index is 0.574. The monoisotopic (exact) mass is 319 g/mol. The van der Waals surface area contributed by atoms with Crippen LogP contribution >= 0.6 is 15.9 Å². The van der Waals surface area contributed by atoms with Gasteiger partial charge in [0.15, 0.2) is 0 Å². The minimum Gasteiger partial charge on any atom is -0.353 e. The van der Waals surface area contributed by atoms with E-state index in [1.54, 1.807) is 0 Å². The van der Waals surface area contributed by atoms with E-state index in [0.29, 0.717) is 6.04 Å². The second kappa shape index (κ2) is 5.37. The highest BCUT2D eigenvalue weighted by Gasteiger charge is 2.17. The molecule has 4 heteroatoms. The Morgan fingerprint density at radius 2 is 2.11 bits per heavy atom. The second-order valence-corrected chi connectivity index (χ2v) is 6.06. The van der Waals surface area contributed by atoms with Gasteiger partial charge in [0, 0.05) is 22.9 Å². The molecule has 100 valence electrons. The van der Waals surface area contributed by atoms with Gasteiger partial charge in [0.1, 0.15) is 0 Å². The van der Waals surface area contributed by atoms with E-state index in [-0.39, 0.29) is 0 Å². The molecule has 1 aliphatic carbocycles. The summed E-state index contributed by atoms with van der Waals surface area (Å²) in [5.41, 5.74) is 2.39. The minimum absolute atomic E-state index is 0.574. The summed E-state index contributed by atoms with van der Waals surface area (Å²) in [4.78, 5) is 4.46. The molecule has 0 saturated heterocycles. The molecule has 3 rings (SSSR count). The fourth-order valence-electron chi connectivity index (χ4n) is 2.66. The molecule has 0 spiro atoms. The first-order valence-electron chi connectivity index (χ1n) is 6.80. The molecule has 1 heterocycles. The number of nitrogens with one attached hydrogen (secondary N) is 1. The van der Waals surface area contributed by atoms with Crippen LogP contribution in [0.3, 0.4) is 0 Å². The van der Waals surface area contributed by atoms with Gasteiger partial charge in [-0.3, -0.25) is 4.57 Å². The Bertz CT molecular complexity index is 571. The van der Waals surface area contributed by atoms with Crippen molar-refractivity contribution in [3.05, 3.63) is 40.6 Å². The third-order valence-electron chi connectivity index (χ3n) is 3.69. The van der Waals surface area contributed by atoms with E-state index in [2.05, 4.69) is 55.9 Å². The van der Waals surface area contributed by atoms with Crippen LogP contribution < -0.4 is 5.32 Å². The highest BCUT2D eigenvalue weighted by atomic mass is 79.9. The van der Waals surface area contributed by atoms with Gasteiger partial charge in [0.05, 0.1) is 5.69 Å². The van der Waals surface area contributed by atoms with Crippen molar-refractivity contribution in [2.24, 2.45) is 0 Å². The van der Waals surface area contributed by atoms with Crippen molar-refractivity contribution in [2.45, 2.75) is 38.6 Å². The van der Waals surface area contributed by atoms with Crippen LogP contribution in [0.5, 0.6) is 0 Å². The number of imidazole rings is 1. The number of nitrogens with zero attached hydrogens (tertiary/aromatic N) is 2. The fourth-order valence-corrected chi connectivity index (χ4v) is 3.10. The van der Waals surface area contributed by atoms with Crippen LogP contribution in [0.15, 0.2) is 35.1 Å². The molecule has 1 aromatic carbocycles. The van der Waals surface area contributed by atoms with Crippen LogP contribution in [0.2, 0.25) is 0 Å². The Balaban J connectivity index is 1.92. The van der Waals surface area contributed by atoms with Crippen molar-refractivity contribution >= 4 is 21.9 Å². The molecule has 0 aliphatic heterocycles. The molecule has 1 saturated carbocycles. The van der Waals surface area contributed by atoms with Gasteiger partial charge >= 0.3 is 0 Å². The van der Waals surface area contributed by atoms with Gasteiger partial charge in [-0.15, -0.1) is 0 Å². The Labute approximate surface area is 122 Å². The predicted molar refractivity (Wildman–Crippen MR) is 81.9 cm³/mol. The summed E-state index contributed by atoms with van der Waals surface area (Å²) in [6, 6.07) is 6.94. The zero-order valence-corrected chi connectivity index (χ0v) is 12.7. The maximum Gasteiger partial charge on any atom is 0.207 e. The summed E-state index contributed by atoms with van der Waals surface area (Å²) in [5, 5.41) is 3.57. The highest BCUT2D eigenvalue weighted by Crippen LogP contribution is 2.27. The van der Waals surface area contributed by atoms with Gasteiger partial charge in [-0.2, -0.15) is 0 Å². The zero-order chi connectivity index (χ0) is 13.2. The second-order valence-electron chi connectivity index (χ2n) is 5.20. The van der Waals surface area contributed by atoms with Gasteiger partial charge < -0.3 is 5.32 Å². The molecule has 0 unspecified atom stereocenters. The maximum atomic E-state index is 4.46. The van der Waals surface area contributed by atoms with Gasteiger partial charge in [0.2, 0.25) is 5.95 Å². The van der Waals surface area contributed by atoms with Crippen molar-refractivity contribution in [1.29, 1.82) is 0 Å². The lowest BCUT2D eigenvalue weighted by Gasteiger charge is -2.16. The Morgan fingerprint density at radius 3 is 2.89 bits per heavy atom. The van der Waals surface area contributed by atoms with Crippen molar-refractivity contribution in [3.8, 4) is 5.69 Å². The zero-order valence-electron chi connectivity index (χ0n) is 11.1. The summed E-state index contributed by atoms with van der Waals surface area (Å²) in [7, 11) is 0. The van der Waals surface area contributed by atoms with Crippen molar-refractivity contribution < 1.29 is 0 Å². The highest BCUT2D eigenvalue weighted by molar-refractivity contribution is 9.10. The predicted octanol–water partition coefficient (Wildman–Crippen LogP) is 4.30. The van der Waals surface area contributed by atoms with Gasteiger partial charge in [-0.05, 0) is 53.4 Å². The smallest absolute Gasteiger partial charge is 0.207 e. The number of aromatic nitrogens is 2. The van der Waals surface area contributed by atoms with Crippen LogP contribution in [0.25, 0.3) is 5.69 Å². The molecule has 0 bridgehead atoms. The number of hydrogen-bond acceptors (Lipinski definition) is 2. The Kier molecular flexibility index (Phi) is 3.60. The first-order chi connectivity index (χ1) is 9.24. The van der Waals surface area contributed by atoms with E-state index >= 15 is 0 Å². The van der Waals surface area contributed by atoms with E-state index in [4.69, 9.17) is 0 Å². The SMILES string of the molecule is Cc1ccc(Br)c(-n2ccnc2NC2CCCC2)c1. The molecular formula is C15H18BrN3. The van der Waals surface area contributed by atoms with E-state index < -0.39 is 0 Å². The lowest BCUT2D eigenvalue weighted by molar-refractivity contribution is 0.740. The number of rotatable bonds is 3. The lowest BCUT2D eigenvalue weighted by Crippen LogP contribution is -2.17. The van der Waals surface area contributed by atoms with Crippen molar-refractivity contribution in [1.82, 2.24) is 9.55 Å². The van der Waals surface area contributed by atoms with E-state index in [1.807, 2.05) is 12.4 Å². The standard InChI is InChI=1S/C15H18BrN3/c1-11-6-7-13(16)14(10-11)19-9-8-17-15(19)18-12-4-2-3-5-12/h6-10,12H,2-5H2,1H3,(H,17,18). The van der Waals surface area contributed by atoms with Crippen molar-refractivity contribution in [2.75, 3.05) is 5.32 Å². The van der Waals surface area contributed by atoms with E-state index in [9.17, 15) is 0 Å². The quantitative estimate of drug-likeness (QED) is 0.914. The number of halogens is 1. The van der Waals surface area contributed by atoms with E-state index in [0.717, 1.165) is 16.1 Å². The van der Waals surface area contributed by atoms with E-state index in [1.165, 1.54) is 31.2 Å². The summed E-state index contributed by atoms with van der Waals surface area (Å²) in [6.07, 6.45) is 9.02. The van der Waals surface area contributed by atoms with Crippen LogP contribution in [0.1, 0.15) is 31.2 Å². The molecule has 0 atom stereocenters. The van der Waals surface area contributed by atoms with Crippen LogP contribution in [0.4, 0.5) is 5.95 Å². The maximum absolute atomic E-state index is 4.46. The molecule has 1 fully saturated rings.